The molecule has 0 spiro atoms. The van der Waals surface area contributed by atoms with Crippen LogP contribution in [-0.4, -0.2) is 30.1 Å². The molecule has 5 rings (SSSR count). The fourth-order valence-corrected chi connectivity index (χ4v) is 5.12. The van der Waals surface area contributed by atoms with E-state index in [1.807, 2.05) is 18.2 Å². The van der Waals surface area contributed by atoms with E-state index in [9.17, 15) is 0 Å². The SMILES string of the molecule is CN1C2CCC1CC(OC(c1ccccc1)c1ccc(OCc3ccccc3)cc1)C2. The van der Waals surface area contributed by atoms with Crippen LogP contribution in [0, 0.1) is 0 Å². The minimum absolute atomic E-state index is 0.0443. The molecule has 0 aromatic heterocycles. The van der Waals surface area contributed by atoms with Crippen molar-refractivity contribution >= 4 is 0 Å². The molecular formula is C28H31NO2. The molecule has 2 saturated heterocycles. The van der Waals surface area contributed by atoms with Gasteiger partial charge >= 0.3 is 0 Å². The Bertz CT molecular complexity index is 943. The van der Waals surface area contributed by atoms with Crippen LogP contribution in [0.15, 0.2) is 84.9 Å². The fourth-order valence-electron chi connectivity index (χ4n) is 5.12. The number of fused-ring (bicyclic) bond motifs is 2. The summed E-state index contributed by atoms with van der Waals surface area (Å²) in [6.45, 7) is 0.581. The van der Waals surface area contributed by atoms with E-state index in [-0.39, 0.29) is 6.10 Å². The lowest BCUT2D eigenvalue weighted by atomic mass is 9.97. The summed E-state index contributed by atoms with van der Waals surface area (Å²) in [5.74, 6) is 0.886. The fraction of sp³-hybridized carbons (Fsp3) is 0.357. The van der Waals surface area contributed by atoms with Gasteiger partial charge < -0.3 is 14.4 Å². The average molecular weight is 414 g/mol. The first-order chi connectivity index (χ1) is 15.3. The van der Waals surface area contributed by atoms with E-state index in [4.69, 9.17) is 9.47 Å². The van der Waals surface area contributed by atoms with E-state index in [1.54, 1.807) is 0 Å². The molecule has 0 aliphatic carbocycles. The van der Waals surface area contributed by atoms with Gasteiger partial charge in [0.25, 0.3) is 0 Å². The Kier molecular flexibility index (Phi) is 6.06. The largest absolute Gasteiger partial charge is 0.489 e. The van der Waals surface area contributed by atoms with Crippen LogP contribution in [0.3, 0.4) is 0 Å². The predicted octanol–water partition coefficient (Wildman–Crippen LogP) is 6.00. The molecule has 2 bridgehead atoms. The first-order valence-corrected chi connectivity index (χ1v) is 11.5. The third-order valence-electron chi connectivity index (χ3n) is 6.92. The molecule has 3 nitrogen and oxygen atoms in total. The number of piperidine rings is 1. The zero-order chi connectivity index (χ0) is 21.0. The van der Waals surface area contributed by atoms with Gasteiger partial charge in [-0.3, -0.25) is 0 Å². The smallest absolute Gasteiger partial charge is 0.119 e. The Labute approximate surface area is 185 Å². The van der Waals surface area contributed by atoms with Crippen molar-refractivity contribution in [3.8, 4) is 5.75 Å². The van der Waals surface area contributed by atoms with Crippen LogP contribution < -0.4 is 4.74 Å². The van der Waals surface area contributed by atoms with Gasteiger partial charge in [0.2, 0.25) is 0 Å². The monoisotopic (exact) mass is 413 g/mol. The van der Waals surface area contributed by atoms with Crippen LogP contribution in [0.2, 0.25) is 0 Å². The summed E-state index contributed by atoms with van der Waals surface area (Å²) in [6.07, 6.45) is 5.16. The van der Waals surface area contributed by atoms with Gasteiger partial charge in [-0.2, -0.15) is 0 Å². The van der Waals surface area contributed by atoms with Crippen LogP contribution >= 0.6 is 0 Å². The van der Waals surface area contributed by atoms with Crippen LogP contribution in [0.25, 0.3) is 0 Å². The molecule has 160 valence electrons. The van der Waals surface area contributed by atoms with E-state index in [2.05, 4.69) is 78.7 Å². The summed E-state index contributed by atoms with van der Waals surface area (Å²) < 4.78 is 12.8. The maximum Gasteiger partial charge on any atom is 0.119 e. The summed E-state index contributed by atoms with van der Waals surface area (Å²) in [5.41, 5.74) is 3.57. The topological polar surface area (TPSA) is 21.7 Å². The van der Waals surface area contributed by atoms with Gasteiger partial charge in [-0.1, -0.05) is 72.8 Å². The van der Waals surface area contributed by atoms with Gasteiger partial charge in [-0.25, -0.2) is 0 Å². The quantitative estimate of drug-likeness (QED) is 0.474. The van der Waals surface area contributed by atoms with Gasteiger partial charge in [0.05, 0.1) is 6.10 Å². The van der Waals surface area contributed by atoms with Crippen molar-refractivity contribution in [3.63, 3.8) is 0 Å². The molecule has 3 aromatic rings. The van der Waals surface area contributed by atoms with Crippen LogP contribution in [0.5, 0.6) is 5.75 Å². The highest BCUT2D eigenvalue weighted by molar-refractivity contribution is 5.34. The lowest BCUT2D eigenvalue weighted by molar-refractivity contribution is -0.0426. The summed E-state index contributed by atoms with van der Waals surface area (Å²) in [4.78, 5) is 2.57. The highest BCUT2D eigenvalue weighted by atomic mass is 16.5. The van der Waals surface area contributed by atoms with Crippen LogP contribution in [0.1, 0.15) is 48.5 Å². The molecule has 3 unspecified atom stereocenters. The van der Waals surface area contributed by atoms with Crippen molar-refractivity contribution in [1.82, 2.24) is 4.90 Å². The third kappa shape index (κ3) is 4.68. The van der Waals surface area contributed by atoms with Crippen molar-refractivity contribution in [2.75, 3.05) is 7.05 Å². The van der Waals surface area contributed by atoms with Crippen molar-refractivity contribution in [2.45, 2.75) is 56.6 Å². The zero-order valence-electron chi connectivity index (χ0n) is 18.2. The van der Waals surface area contributed by atoms with Gasteiger partial charge in [-0.05, 0) is 61.6 Å². The second-order valence-electron chi connectivity index (χ2n) is 8.91. The van der Waals surface area contributed by atoms with Crippen molar-refractivity contribution < 1.29 is 9.47 Å². The number of rotatable bonds is 7. The molecule has 2 heterocycles. The molecule has 0 saturated carbocycles. The van der Waals surface area contributed by atoms with E-state index in [1.165, 1.54) is 29.5 Å². The maximum absolute atomic E-state index is 6.79. The highest BCUT2D eigenvalue weighted by Crippen LogP contribution is 2.39. The number of hydrogen-bond acceptors (Lipinski definition) is 3. The molecule has 2 fully saturated rings. The number of nitrogens with zero attached hydrogens (tertiary/aromatic N) is 1. The van der Waals surface area contributed by atoms with E-state index in [0.29, 0.717) is 24.8 Å². The van der Waals surface area contributed by atoms with Crippen LogP contribution in [0.4, 0.5) is 0 Å². The molecule has 3 heteroatoms. The van der Waals surface area contributed by atoms with Crippen molar-refractivity contribution in [3.05, 3.63) is 102 Å². The molecular weight excluding hydrogens is 382 g/mol. The second kappa shape index (κ2) is 9.25. The van der Waals surface area contributed by atoms with E-state index < -0.39 is 0 Å². The van der Waals surface area contributed by atoms with E-state index in [0.717, 1.165) is 18.6 Å². The first kappa shape index (κ1) is 20.3. The molecule has 0 N–H and O–H groups in total. The Balaban J connectivity index is 1.31. The Morgan fingerprint density at radius 3 is 2.00 bits per heavy atom. The molecule has 2 aliphatic rings. The molecule has 3 aromatic carbocycles. The lowest BCUT2D eigenvalue weighted by Gasteiger charge is -2.38. The van der Waals surface area contributed by atoms with Gasteiger partial charge in [0.1, 0.15) is 18.5 Å². The van der Waals surface area contributed by atoms with Crippen molar-refractivity contribution in [2.24, 2.45) is 0 Å². The van der Waals surface area contributed by atoms with Crippen LogP contribution in [-0.2, 0) is 11.3 Å². The molecule has 0 radical (unpaired) electrons. The summed E-state index contributed by atoms with van der Waals surface area (Å²) in [5, 5.41) is 0. The van der Waals surface area contributed by atoms with Gasteiger partial charge in [0.15, 0.2) is 0 Å². The minimum Gasteiger partial charge on any atom is -0.489 e. The molecule has 31 heavy (non-hydrogen) atoms. The Hall–Kier alpha value is -2.62. The van der Waals surface area contributed by atoms with Gasteiger partial charge in [0, 0.05) is 12.1 Å². The molecule has 3 atom stereocenters. The summed E-state index contributed by atoms with van der Waals surface area (Å²) >= 11 is 0. The van der Waals surface area contributed by atoms with E-state index >= 15 is 0 Å². The lowest BCUT2D eigenvalue weighted by Crippen LogP contribution is -2.43. The number of benzene rings is 3. The minimum atomic E-state index is -0.0443. The average Bonchev–Trinajstić information content (AvgIpc) is 3.03. The second-order valence-corrected chi connectivity index (χ2v) is 8.91. The van der Waals surface area contributed by atoms with Gasteiger partial charge in [-0.15, -0.1) is 0 Å². The molecule has 0 amide bonds. The predicted molar refractivity (Wildman–Crippen MR) is 124 cm³/mol. The standard InChI is InChI=1S/C28H31NO2/c1-29-24-14-15-25(29)19-27(18-24)31-28(22-10-6-3-7-11-22)23-12-16-26(17-13-23)30-20-21-8-4-2-5-9-21/h2-13,16-17,24-25,27-28H,14-15,18-20H2,1H3. The zero-order valence-corrected chi connectivity index (χ0v) is 18.2. The maximum atomic E-state index is 6.79. The first-order valence-electron chi connectivity index (χ1n) is 11.5. The third-order valence-corrected chi connectivity index (χ3v) is 6.92. The van der Waals surface area contributed by atoms with Crippen molar-refractivity contribution in [1.29, 1.82) is 0 Å². The Morgan fingerprint density at radius 1 is 0.774 bits per heavy atom. The number of hydrogen-bond donors (Lipinski definition) is 0. The number of ether oxygens (including phenoxy) is 2. The normalized spacial score (nSPS) is 24.1. The summed E-state index contributed by atoms with van der Waals surface area (Å²) in [6, 6.07) is 30.7. The Morgan fingerprint density at radius 2 is 1.35 bits per heavy atom. The molecule has 2 aliphatic heterocycles. The highest BCUT2D eigenvalue weighted by Gasteiger charge is 2.39. The summed E-state index contributed by atoms with van der Waals surface area (Å²) in [7, 11) is 2.28.